The zero-order chi connectivity index (χ0) is 38.6. The van der Waals surface area contributed by atoms with Gasteiger partial charge in [-0.15, -0.1) is 0 Å². The average Bonchev–Trinajstić information content (AvgIpc) is 3.21. The summed E-state index contributed by atoms with van der Waals surface area (Å²) in [5, 5.41) is 80.3. The lowest BCUT2D eigenvalue weighted by atomic mass is 9.98. The van der Waals surface area contributed by atoms with Crippen LogP contribution >= 0.6 is 0 Å². The van der Waals surface area contributed by atoms with E-state index >= 15 is 0 Å². The summed E-state index contributed by atoms with van der Waals surface area (Å²) in [6, 6.07) is 14.4. The molecule has 7 aromatic rings. The Bertz CT molecular complexity index is 2990. The van der Waals surface area contributed by atoms with Gasteiger partial charge >= 0.3 is 0 Å². The molecular weight excluding hydrogens is 685 g/mol. The van der Waals surface area contributed by atoms with Crippen molar-refractivity contribution in [1.82, 2.24) is 29.9 Å². The standard InChI is InChI=1S/C36N18/c1-45-21-15(7-39)13(5-37)17(9-41)25-29(21)53-35-31(49-25)32-36(54-30-22(46-2)16(8-40)14(6-38)18(10-42)26(30)50-32)34-33(35)51-27-19(11-43)23(47-3)24(48-4)20(12-44)28(27)52-34. The van der Waals surface area contributed by atoms with Gasteiger partial charge in [-0.1, -0.05) is 0 Å². The van der Waals surface area contributed by atoms with Gasteiger partial charge in [0.25, 0.3) is 0 Å². The molecule has 0 unspecified atom stereocenters. The maximum absolute atomic E-state index is 10.2. The number of benzene rings is 4. The maximum atomic E-state index is 10.2. The summed E-state index contributed by atoms with van der Waals surface area (Å²) in [6.45, 7) is 31.0. The van der Waals surface area contributed by atoms with E-state index in [1.807, 2.05) is 24.3 Å². The lowest BCUT2D eigenvalue weighted by molar-refractivity contribution is 1.31. The van der Waals surface area contributed by atoms with Crippen LogP contribution in [0.4, 0.5) is 22.7 Å². The first-order valence-electron chi connectivity index (χ1n) is 14.3. The molecule has 0 aliphatic rings. The van der Waals surface area contributed by atoms with Gasteiger partial charge in [0.05, 0.1) is 128 Å². The smallest absolute Gasteiger partial charge is 0.233 e. The Balaban J connectivity index is 1.93. The summed E-state index contributed by atoms with van der Waals surface area (Å²) in [4.78, 5) is 41.0. The molecule has 0 atom stereocenters. The number of hydrogen-bond acceptors (Lipinski definition) is 14. The first-order valence-corrected chi connectivity index (χ1v) is 14.3. The van der Waals surface area contributed by atoms with Crippen LogP contribution in [0.25, 0.3) is 85.6 Å². The van der Waals surface area contributed by atoms with E-state index < -0.39 is 67.3 Å². The summed E-state index contributed by atoms with van der Waals surface area (Å²) < 4.78 is 0. The summed E-state index contributed by atoms with van der Waals surface area (Å²) >= 11 is 0. The van der Waals surface area contributed by atoms with Crippen LogP contribution in [0.5, 0.6) is 0 Å². The fourth-order valence-electron chi connectivity index (χ4n) is 6.05. The minimum absolute atomic E-state index is 0.240. The van der Waals surface area contributed by atoms with E-state index in [1.165, 1.54) is 0 Å². The van der Waals surface area contributed by atoms with Crippen molar-refractivity contribution >= 4 is 88.9 Å². The molecular formula is C36N18. The lowest BCUT2D eigenvalue weighted by Crippen LogP contribution is -2.04. The highest BCUT2D eigenvalue weighted by molar-refractivity contribution is 6.23. The second kappa shape index (κ2) is 11.6. The van der Waals surface area contributed by atoms with Crippen molar-refractivity contribution in [3.05, 3.63) is 90.2 Å². The SMILES string of the molecule is [C-]#[N+]c1c([N+]#[C-])c(C#N)c2nc3c(nc2c1C#N)c1nc2c([N+]#[C-])c(C#N)c(C#N)c(C#N)c2nc1c1nc2c(C#N)c(C#N)c(C#N)c([N+]#[C-])c2nc31. The Kier molecular flexibility index (Phi) is 6.91. The molecule has 0 aliphatic heterocycles. The van der Waals surface area contributed by atoms with Crippen molar-refractivity contribution in [3.8, 4) is 48.6 Å². The molecule has 234 valence electrons. The van der Waals surface area contributed by atoms with Crippen molar-refractivity contribution in [1.29, 1.82) is 42.1 Å². The highest BCUT2D eigenvalue weighted by atomic mass is 14.9. The minimum Gasteiger partial charge on any atom is -0.254 e. The van der Waals surface area contributed by atoms with Gasteiger partial charge < -0.3 is 0 Å². The first kappa shape index (κ1) is 32.1. The second-order valence-electron chi connectivity index (χ2n) is 10.6. The molecule has 4 aromatic carbocycles. The number of nitriles is 8. The van der Waals surface area contributed by atoms with Crippen molar-refractivity contribution in [2.24, 2.45) is 0 Å². The molecule has 0 radical (unpaired) electrons. The molecule has 0 aliphatic carbocycles. The summed E-state index contributed by atoms with van der Waals surface area (Å²) in [6.07, 6.45) is 0. The predicted molar refractivity (Wildman–Crippen MR) is 181 cm³/mol. The van der Waals surface area contributed by atoms with Gasteiger partial charge in [-0.05, 0) is 0 Å². The van der Waals surface area contributed by atoms with E-state index in [1.54, 1.807) is 24.3 Å². The van der Waals surface area contributed by atoms with Crippen LogP contribution in [0.1, 0.15) is 44.5 Å². The van der Waals surface area contributed by atoms with Gasteiger partial charge in [-0.2, -0.15) is 42.1 Å². The Morgan fingerprint density at radius 2 is 0.481 bits per heavy atom. The van der Waals surface area contributed by atoms with Crippen LogP contribution < -0.4 is 0 Å². The van der Waals surface area contributed by atoms with Crippen LogP contribution in [-0.2, 0) is 0 Å². The molecule has 0 bridgehead atoms. The topological polar surface area (TPSA) is 285 Å². The number of hydrogen-bond donors (Lipinski definition) is 0. The number of fused-ring (bicyclic) bond motifs is 9. The van der Waals surface area contributed by atoms with Crippen LogP contribution in [0.2, 0.25) is 0 Å². The molecule has 0 spiro atoms. The van der Waals surface area contributed by atoms with Gasteiger partial charge in [0.2, 0.25) is 22.7 Å². The number of aromatic nitrogens is 6. The maximum Gasteiger partial charge on any atom is 0.233 e. The summed E-state index contributed by atoms with van der Waals surface area (Å²) in [5.41, 5.74) is -8.67. The Labute approximate surface area is 299 Å². The summed E-state index contributed by atoms with van der Waals surface area (Å²) in [5.74, 6) is 0. The van der Waals surface area contributed by atoms with Gasteiger partial charge in [0.1, 0.15) is 57.4 Å². The van der Waals surface area contributed by atoms with Crippen LogP contribution in [0.3, 0.4) is 0 Å². The first-order chi connectivity index (χ1) is 26.3. The molecule has 0 saturated carbocycles. The van der Waals surface area contributed by atoms with E-state index in [0.29, 0.717) is 0 Å². The zero-order valence-corrected chi connectivity index (χ0v) is 26.0. The van der Waals surface area contributed by atoms with Gasteiger partial charge in [-0.3, -0.25) is 9.97 Å². The van der Waals surface area contributed by atoms with Crippen molar-refractivity contribution in [2.45, 2.75) is 0 Å². The molecule has 0 fully saturated rings. The van der Waals surface area contributed by atoms with Crippen LogP contribution in [-0.4, -0.2) is 29.9 Å². The summed E-state index contributed by atoms with van der Waals surface area (Å²) in [7, 11) is 0. The van der Waals surface area contributed by atoms with Gasteiger partial charge in [0.15, 0.2) is 0 Å². The highest BCUT2D eigenvalue weighted by Gasteiger charge is 2.29. The van der Waals surface area contributed by atoms with E-state index in [2.05, 4.69) is 49.3 Å². The molecule has 7 rings (SSSR count). The predicted octanol–water partition coefficient (Wildman–Crippen LogP) is 6.15. The van der Waals surface area contributed by atoms with Gasteiger partial charge in [-0.25, -0.2) is 39.3 Å². The van der Waals surface area contributed by atoms with Crippen molar-refractivity contribution < 1.29 is 0 Å². The quantitative estimate of drug-likeness (QED) is 0.0983. The Morgan fingerprint density at radius 3 is 0.704 bits per heavy atom. The van der Waals surface area contributed by atoms with Gasteiger partial charge in [0, 0.05) is 0 Å². The van der Waals surface area contributed by atoms with Crippen LogP contribution in [0, 0.1) is 117 Å². The van der Waals surface area contributed by atoms with E-state index in [-0.39, 0.29) is 66.2 Å². The van der Waals surface area contributed by atoms with E-state index in [4.69, 9.17) is 26.3 Å². The number of rotatable bonds is 0. The highest BCUT2D eigenvalue weighted by Crippen LogP contribution is 2.44. The van der Waals surface area contributed by atoms with E-state index in [9.17, 15) is 42.1 Å². The average molecular weight is 685 g/mol. The molecule has 18 nitrogen and oxygen atoms in total. The Morgan fingerprint density at radius 1 is 0.259 bits per heavy atom. The molecule has 3 aromatic heterocycles. The third-order valence-electron chi connectivity index (χ3n) is 8.27. The molecule has 3 heterocycles. The minimum atomic E-state index is -0.475. The fraction of sp³-hybridized carbons (Fsp3) is 0. The molecule has 54 heavy (non-hydrogen) atoms. The zero-order valence-electron chi connectivity index (χ0n) is 26.0. The largest absolute Gasteiger partial charge is 0.254 e. The van der Waals surface area contributed by atoms with Crippen LogP contribution in [0.15, 0.2) is 0 Å². The lowest BCUT2D eigenvalue weighted by Gasteiger charge is -2.14. The van der Waals surface area contributed by atoms with E-state index in [0.717, 1.165) is 0 Å². The molecule has 0 N–H and O–H groups in total. The molecule has 0 amide bonds. The Hall–Kier alpha value is -10.4. The molecule has 0 saturated heterocycles. The third kappa shape index (κ3) is 3.83. The fourth-order valence-corrected chi connectivity index (χ4v) is 6.05. The third-order valence-corrected chi connectivity index (χ3v) is 8.27. The normalized spacial score (nSPS) is 10.0. The monoisotopic (exact) mass is 684 g/mol. The van der Waals surface area contributed by atoms with Crippen molar-refractivity contribution in [2.75, 3.05) is 0 Å². The number of nitrogens with zero attached hydrogens (tertiary/aromatic N) is 18. The van der Waals surface area contributed by atoms with Crippen molar-refractivity contribution in [3.63, 3.8) is 0 Å². The second-order valence-corrected chi connectivity index (χ2v) is 10.6. The molecule has 18 heteroatoms.